The van der Waals surface area contributed by atoms with Crippen molar-refractivity contribution in [3.05, 3.63) is 0 Å². The Labute approximate surface area is 59.6 Å². The van der Waals surface area contributed by atoms with Gasteiger partial charge in [-0.2, -0.15) is 0 Å². The van der Waals surface area contributed by atoms with Crippen LogP contribution in [0.3, 0.4) is 0 Å². The van der Waals surface area contributed by atoms with E-state index in [1.54, 1.807) is 0 Å². The van der Waals surface area contributed by atoms with E-state index in [-0.39, 0.29) is 18.1 Å². The SMILES string of the molecule is CC1CC2OC2C(O)C1O. The van der Waals surface area contributed by atoms with Gasteiger partial charge in [-0.3, -0.25) is 0 Å². The molecule has 0 aromatic rings. The largest absolute Gasteiger partial charge is 0.390 e. The summed E-state index contributed by atoms with van der Waals surface area (Å²) in [7, 11) is 0. The highest BCUT2D eigenvalue weighted by atomic mass is 16.6. The molecule has 1 aliphatic carbocycles. The quantitative estimate of drug-likeness (QED) is 0.451. The van der Waals surface area contributed by atoms with Crippen molar-refractivity contribution in [1.82, 2.24) is 0 Å². The van der Waals surface area contributed by atoms with E-state index in [4.69, 9.17) is 4.74 Å². The summed E-state index contributed by atoms with van der Waals surface area (Å²) in [5.74, 6) is 0.179. The molecule has 0 radical (unpaired) electrons. The van der Waals surface area contributed by atoms with Crippen LogP contribution in [0.1, 0.15) is 13.3 Å². The smallest absolute Gasteiger partial charge is 0.113 e. The molecule has 0 aromatic heterocycles. The summed E-state index contributed by atoms with van der Waals surface area (Å²) in [5, 5.41) is 18.6. The molecule has 3 heteroatoms. The summed E-state index contributed by atoms with van der Waals surface area (Å²) >= 11 is 0. The van der Waals surface area contributed by atoms with Gasteiger partial charge in [0.25, 0.3) is 0 Å². The first-order valence-electron chi connectivity index (χ1n) is 3.71. The van der Waals surface area contributed by atoms with Gasteiger partial charge in [0.1, 0.15) is 12.2 Å². The number of hydrogen-bond donors (Lipinski definition) is 2. The Morgan fingerprint density at radius 1 is 1.30 bits per heavy atom. The van der Waals surface area contributed by atoms with Gasteiger partial charge in [-0.05, 0) is 12.3 Å². The zero-order valence-corrected chi connectivity index (χ0v) is 5.90. The van der Waals surface area contributed by atoms with Crippen molar-refractivity contribution in [2.75, 3.05) is 0 Å². The number of ether oxygens (including phenoxy) is 1. The summed E-state index contributed by atoms with van der Waals surface area (Å²) < 4.78 is 5.12. The van der Waals surface area contributed by atoms with Gasteiger partial charge in [0, 0.05) is 0 Å². The minimum Gasteiger partial charge on any atom is -0.390 e. The normalized spacial score (nSPS) is 59.7. The van der Waals surface area contributed by atoms with E-state index in [1.807, 2.05) is 6.92 Å². The maximum atomic E-state index is 9.31. The Bertz CT molecular complexity index is 146. The minimum absolute atomic E-state index is 0.0637. The van der Waals surface area contributed by atoms with Gasteiger partial charge in [0.05, 0.1) is 12.2 Å². The van der Waals surface area contributed by atoms with Crippen molar-refractivity contribution in [3.8, 4) is 0 Å². The van der Waals surface area contributed by atoms with Crippen LogP contribution in [-0.2, 0) is 4.74 Å². The van der Waals surface area contributed by atoms with Crippen molar-refractivity contribution in [2.45, 2.75) is 37.8 Å². The van der Waals surface area contributed by atoms with Crippen LogP contribution >= 0.6 is 0 Å². The van der Waals surface area contributed by atoms with Crippen molar-refractivity contribution in [1.29, 1.82) is 0 Å². The predicted molar refractivity (Wildman–Crippen MR) is 34.5 cm³/mol. The molecule has 1 saturated carbocycles. The predicted octanol–water partition coefficient (Wildman–Crippen LogP) is -0.485. The molecular weight excluding hydrogens is 132 g/mol. The van der Waals surface area contributed by atoms with Crippen LogP contribution in [0.2, 0.25) is 0 Å². The number of aliphatic hydroxyl groups excluding tert-OH is 2. The number of hydrogen-bond acceptors (Lipinski definition) is 3. The van der Waals surface area contributed by atoms with Crippen LogP contribution in [0.15, 0.2) is 0 Å². The molecule has 5 unspecified atom stereocenters. The number of fused-ring (bicyclic) bond motifs is 1. The van der Waals surface area contributed by atoms with Gasteiger partial charge in [-0.1, -0.05) is 6.92 Å². The molecule has 10 heavy (non-hydrogen) atoms. The average molecular weight is 144 g/mol. The first-order chi connectivity index (χ1) is 4.70. The molecule has 3 nitrogen and oxygen atoms in total. The maximum Gasteiger partial charge on any atom is 0.113 e. The third kappa shape index (κ3) is 0.779. The molecule has 1 heterocycles. The second-order valence-corrected chi connectivity index (χ2v) is 3.33. The molecule has 0 aromatic carbocycles. The van der Waals surface area contributed by atoms with Crippen LogP contribution < -0.4 is 0 Å². The highest BCUT2D eigenvalue weighted by Crippen LogP contribution is 2.39. The van der Waals surface area contributed by atoms with Crippen LogP contribution in [-0.4, -0.2) is 34.6 Å². The second kappa shape index (κ2) is 1.94. The summed E-state index contributed by atoms with van der Waals surface area (Å²) in [6, 6.07) is 0. The van der Waals surface area contributed by atoms with Crippen molar-refractivity contribution in [3.63, 3.8) is 0 Å². The maximum absolute atomic E-state index is 9.31. The third-order valence-corrected chi connectivity index (χ3v) is 2.50. The highest BCUT2D eigenvalue weighted by molar-refractivity contribution is 5.01. The molecule has 1 aliphatic heterocycles. The molecule has 2 aliphatic rings. The van der Waals surface area contributed by atoms with E-state index >= 15 is 0 Å². The lowest BCUT2D eigenvalue weighted by atomic mass is 9.86. The van der Waals surface area contributed by atoms with Gasteiger partial charge < -0.3 is 14.9 Å². The second-order valence-electron chi connectivity index (χ2n) is 3.33. The zero-order chi connectivity index (χ0) is 7.30. The fourth-order valence-electron chi connectivity index (χ4n) is 1.68. The lowest BCUT2D eigenvalue weighted by Crippen LogP contribution is -2.41. The summed E-state index contributed by atoms with van der Waals surface area (Å²) in [6.07, 6.45) is -0.166. The number of epoxide rings is 1. The molecule has 0 spiro atoms. The average Bonchev–Trinajstić information content (AvgIpc) is 2.62. The van der Waals surface area contributed by atoms with E-state index in [1.165, 1.54) is 0 Å². The summed E-state index contributed by atoms with van der Waals surface area (Å²) in [6.45, 7) is 1.94. The Kier molecular flexibility index (Phi) is 1.27. The van der Waals surface area contributed by atoms with Crippen LogP contribution in [0.5, 0.6) is 0 Å². The minimum atomic E-state index is -0.645. The fraction of sp³-hybridized carbons (Fsp3) is 1.00. The molecule has 58 valence electrons. The number of aliphatic hydroxyl groups is 2. The van der Waals surface area contributed by atoms with Crippen molar-refractivity contribution < 1.29 is 14.9 Å². The standard InChI is InChI=1S/C7H12O3/c1-3-2-4-7(10-4)6(9)5(3)8/h3-9H,2H2,1H3. The molecule has 2 rings (SSSR count). The molecule has 2 fully saturated rings. The summed E-state index contributed by atoms with van der Waals surface area (Å²) in [5.41, 5.74) is 0. The van der Waals surface area contributed by atoms with Crippen molar-refractivity contribution in [2.24, 2.45) is 5.92 Å². The molecule has 0 amide bonds. The molecule has 5 atom stereocenters. The Morgan fingerprint density at radius 2 is 2.00 bits per heavy atom. The topological polar surface area (TPSA) is 53.0 Å². The third-order valence-electron chi connectivity index (χ3n) is 2.50. The molecule has 0 bridgehead atoms. The summed E-state index contributed by atoms with van der Waals surface area (Å²) in [4.78, 5) is 0. The Morgan fingerprint density at radius 3 is 2.70 bits per heavy atom. The van der Waals surface area contributed by atoms with E-state index in [0.29, 0.717) is 0 Å². The molecule has 2 N–H and O–H groups in total. The van der Waals surface area contributed by atoms with Crippen LogP contribution in [0.25, 0.3) is 0 Å². The van der Waals surface area contributed by atoms with E-state index in [9.17, 15) is 10.2 Å². The molecule has 1 saturated heterocycles. The van der Waals surface area contributed by atoms with E-state index < -0.39 is 12.2 Å². The first-order valence-corrected chi connectivity index (χ1v) is 3.71. The lowest BCUT2D eigenvalue weighted by molar-refractivity contribution is -0.0325. The van der Waals surface area contributed by atoms with E-state index in [2.05, 4.69) is 0 Å². The van der Waals surface area contributed by atoms with Gasteiger partial charge in [-0.25, -0.2) is 0 Å². The van der Waals surface area contributed by atoms with E-state index in [0.717, 1.165) is 6.42 Å². The van der Waals surface area contributed by atoms with Crippen LogP contribution in [0, 0.1) is 5.92 Å². The number of rotatable bonds is 0. The highest BCUT2D eigenvalue weighted by Gasteiger charge is 2.53. The van der Waals surface area contributed by atoms with Gasteiger partial charge in [0.2, 0.25) is 0 Å². The van der Waals surface area contributed by atoms with Crippen molar-refractivity contribution >= 4 is 0 Å². The molecular formula is C7H12O3. The Hall–Kier alpha value is -0.120. The fourth-order valence-corrected chi connectivity index (χ4v) is 1.68. The first kappa shape index (κ1) is 6.58. The monoisotopic (exact) mass is 144 g/mol. The zero-order valence-electron chi connectivity index (χ0n) is 5.90. The lowest BCUT2D eigenvalue weighted by Gasteiger charge is -2.25. The van der Waals surface area contributed by atoms with Gasteiger partial charge >= 0.3 is 0 Å². The van der Waals surface area contributed by atoms with Gasteiger partial charge in [-0.15, -0.1) is 0 Å². The van der Waals surface area contributed by atoms with Crippen LogP contribution in [0.4, 0.5) is 0 Å². The van der Waals surface area contributed by atoms with Gasteiger partial charge in [0.15, 0.2) is 0 Å². The Balaban J connectivity index is 2.07.